The van der Waals surface area contributed by atoms with Crippen LogP contribution in [0.15, 0.2) is 36.4 Å². The Bertz CT molecular complexity index is 635. The van der Waals surface area contributed by atoms with Crippen molar-refractivity contribution in [3.63, 3.8) is 0 Å². The van der Waals surface area contributed by atoms with Crippen molar-refractivity contribution in [2.45, 2.75) is 13.8 Å². The van der Waals surface area contributed by atoms with Gasteiger partial charge in [-0.15, -0.1) is 0 Å². The molecular weight excluding hydrogens is 250 g/mol. The van der Waals surface area contributed by atoms with Crippen molar-refractivity contribution in [3.05, 3.63) is 53.2 Å². The Hall–Kier alpha value is -2.36. The number of rotatable bonds is 3. The first kappa shape index (κ1) is 14.1. The van der Waals surface area contributed by atoms with Gasteiger partial charge in [0.2, 0.25) is 0 Å². The predicted octanol–water partition coefficient (Wildman–Crippen LogP) is 3.02. The van der Waals surface area contributed by atoms with Crippen LogP contribution in [0.2, 0.25) is 0 Å². The van der Waals surface area contributed by atoms with Gasteiger partial charge in [-0.2, -0.15) is 0 Å². The quantitative estimate of drug-likeness (QED) is 0.931. The predicted molar refractivity (Wildman–Crippen MR) is 82.4 cm³/mol. The van der Waals surface area contributed by atoms with E-state index in [0.717, 1.165) is 17.1 Å². The third-order valence-electron chi connectivity index (χ3n) is 3.06. The molecule has 0 aliphatic carbocycles. The van der Waals surface area contributed by atoms with Gasteiger partial charge in [-0.05, 0) is 37.6 Å². The van der Waals surface area contributed by atoms with E-state index in [0.29, 0.717) is 5.69 Å². The number of amides is 1. The zero-order valence-electron chi connectivity index (χ0n) is 12.3. The fraction of sp³-hybridized carbons (Fsp3) is 0.250. The van der Waals surface area contributed by atoms with Crippen LogP contribution in [0.4, 0.5) is 11.5 Å². The number of hydrogen-bond acceptors (Lipinski definition) is 3. The summed E-state index contributed by atoms with van der Waals surface area (Å²) in [6, 6.07) is 11.4. The normalized spacial score (nSPS) is 10.2. The molecule has 104 valence electrons. The van der Waals surface area contributed by atoms with E-state index < -0.39 is 0 Å². The Morgan fingerprint density at radius 2 is 1.90 bits per heavy atom. The molecule has 0 unspecified atom stereocenters. The smallest absolute Gasteiger partial charge is 0.274 e. The summed E-state index contributed by atoms with van der Waals surface area (Å²) in [6.07, 6.45) is 0. The summed E-state index contributed by atoms with van der Waals surface area (Å²) in [5.41, 5.74) is 3.45. The highest BCUT2D eigenvalue weighted by atomic mass is 16.1. The first-order valence-corrected chi connectivity index (χ1v) is 6.50. The molecule has 0 fully saturated rings. The number of aromatic nitrogens is 1. The summed E-state index contributed by atoms with van der Waals surface area (Å²) >= 11 is 0. The SMILES string of the molecule is Cc1ccc(NC(=O)c2cccc(N(C)C)n2)c(C)c1. The van der Waals surface area contributed by atoms with Gasteiger partial charge in [-0.3, -0.25) is 4.79 Å². The minimum Gasteiger partial charge on any atom is -0.363 e. The van der Waals surface area contributed by atoms with Crippen LogP contribution in [0.5, 0.6) is 0 Å². The van der Waals surface area contributed by atoms with E-state index in [1.54, 1.807) is 6.07 Å². The molecule has 4 nitrogen and oxygen atoms in total. The van der Waals surface area contributed by atoms with Gasteiger partial charge in [-0.1, -0.05) is 23.8 Å². The van der Waals surface area contributed by atoms with Crippen molar-refractivity contribution in [3.8, 4) is 0 Å². The van der Waals surface area contributed by atoms with E-state index in [-0.39, 0.29) is 5.91 Å². The molecule has 2 rings (SSSR count). The second-order valence-electron chi connectivity index (χ2n) is 5.05. The molecule has 0 bridgehead atoms. The van der Waals surface area contributed by atoms with E-state index in [9.17, 15) is 4.79 Å². The molecule has 0 atom stereocenters. The molecule has 0 aliphatic rings. The molecule has 1 amide bonds. The number of carbonyl (C=O) groups is 1. The fourth-order valence-electron chi connectivity index (χ4n) is 1.94. The number of nitrogens with zero attached hydrogens (tertiary/aromatic N) is 2. The Kier molecular flexibility index (Phi) is 4.03. The summed E-state index contributed by atoms with van der Waals surface area (Å²) in [5, 5.41) is 2.90. The lowest BCUT2D eigenvalue weighted by Gasteiger charge is -2.13. The number of pyridine rings is 1. The average Bonchev–Trinajstić information content (AvgIpc) is 2.42. The van der Waals surface area contributed by atoms with E-state index in [4.69, 9.17) is 0 Å². The summed E-state index contributed by atoms with van der Waals surface area (Å²) in [6.45, 7) is 4.01. The number of aryl methyl sites for hydroxylation is 2. The zero-order chi connectivity index (χ0) is 14.7. The standard InChI is InChI=1S/C16H19N3O/c1-11-8-9-13(12(2)10-11)18-16(20)14-6-5-7-15(17-14)19(3)4/h5-10H,1-4H3,(H,18,20). The highest BCUT2D eigenvalue weighted by molar-refractivity contribution is 6.03. The molecule has 1 N–H and O–H groups in total. The van der Waals surface area contributed by atoms with Crippen LogP contribution in [-0.2, 0) is 0 Å². The van der Waals surface area contributed by atoms with Gasteiger partial charge in [0, 0.05) is 19.8 Å². The molecule has 20 heavy (non-hydrogen) atoms. The third kappa shape index (κ3) is 3.15. The largest absolute Gasteiger partial charge is 0.363 e. The summed E-state index contributed by atoms with van der Waals surface area (Å²) in [4.78, 5) is 18.4. The molecule has 1 heterocycles. The maximum Gasteiger partial charge on any atom is 0.274 e. The van der Waals surface area contributed by atoms with Crippen LogP contribution in [0.1, 0.15) is 21.6 Å². The number of benzene rings is 1. The van der Waals surface area contributed by atoms with Gasteiger partial charge in [0.05, 0.1) is 0 Å². The lowest BCUT2D eigenvalue weighted by molar-refractivity contribution is 0.102. The van der Waals surface area contributed by atoms with Crippen LogP contribution >= 0.6 is 0 Å². The average molecular weight is 269 g/mol. The van der Waals surface area contributed by atoms with Crippen LogP contribution in [0.25, 0.3) is 0 Å². The van der Waals surface area contributed by atoms with E-state index in [2.05, 4.69) is 10.3 Å². The Morgan fingerprint density at radius 3 is 2.55 bits per heavy atom. The van der Waals surface area contributed by atoms with E-state index in [1.807, 2.05) is 63.2 Å². The number of anilines is 2. The van der Waals surface area contributed by atoms with Crippen molar-refractivity contribution in [2.24, 2.45) is 0 Å². The Balaban J connectivity index is 2.21. The maximum atomic E-state index is 12.2. The third-order valence-corrected chi connectivity index (χ3v) is 3.06. The number of hydrogen-bond donors (Lipinski definition) is 1. The van der Waals surface area contributed by atoms with Gasteiger partial charge in [-0.25, -0.2) is 4.98 Å². The second-order valence-corrected chi connectivity index (χ2v) is 5.05. The van der Waals surface area contributed by atoms with Crippen molar-refractivity contribution >= 4 is 17.4 Å². The highest BCUT2D eigenvalue weighted by Crippen LogP contribution is 2.17. The molecular formula is C16H19N3O. The maximum absolute atomic E-state index is 12.2. The van der Waals surface area contributed by atoms with Crippen molar-refractivity contribution in [1.82, 2.24) is 4.98 Å². The lowest BCUT2D eigenvalue weighted by atomic mass is 10.1. The van der Waals surface area contributed by atoms with Gasteiger partial charge in [0.25, 0.3) is 5.91 Å². The molecule has 0 saturated carbocycles. The molecule has 4 heteroatoms. The van der Waals surface area contributed by atoms with Crippen LogP contribution in [0.3, 0.4) is 0 Å². The van der Waals surface area contributed by atoms with Crippen LogP contribution < -0.4 is 10.2 Å². The fourth-order valence-corrected chi connectivity index (χ4v) is 1.94. The highest BCUT2D eigenvalue weighted by Gasteiger charge is 2.10. The number of nitrogens with one attached hydrogen (secondary N) is 1. The molecule has 0 spiro atoms. The van der Waals surface area contributed by atoms with Crippen LogP contribution in [0, 0.1) is 13.8 Å². The first-order chi connectivity index (χ1) is 9.47. The topological polar surface area (TPSA) is 45.2 Å². The molecule has 0 aliphatic heterocycles. The summed E-state index contributed by atoms with van der Waals surface area (Å²) < 4.78 is 0. The minimum absolute atomic E-state index is 0.194. The number of carbonyl (C=O) groups excluding carboxylic acids is 1. The van der Waals surface area contributed by atoms with Gasteiger partial charge >= 0.3 is 0 Å². The monoisotopic (exact) mass is 269 g/mol. The second kappa shape index (κ2) is 5.74. The Labute approximate surface area is 119 Å². The van der Waals surface area contributed by atoms with Gasteiger partial charge < -0.3 is 10.2 Å². The minimum atomic E-state index is -0.194. The summed E-state index contributed by atoms with van der Waals surface area (Å²) in [7, 11) is 3.79. The Morgan fingerprint density at radius 1 is 1.15 bits per heavy atom. The molecule has 0 radical (unpaired) electrons. The summed E-state index contributed by atoms with van der Waals surface area (Å²) in [5.74, 6) is 0.568. The molecule has 1 aromatic carbocycles. The van der Waals surface area contributed by atoms with Gasteiger partial charge in [0.1, 0.15) is 11.5 Å². The van der Waals surface area contributed by atoms with E-state index in [1.165, 1.54) is 5.56 Å². The van der Waals surface area contributed by atoms with Crippen molar-refractivity contribution < 1.29 is 4.79 Å². The first-order valence-electron chi connectivity index (χ1n) is 6.50. The lowest BCUT2D eigenvalue weighted by Crippen LogP contribution is -2.17. The van der Waals surface area contributed by atoms with Gasteiger partial charge in [0.15, 0.2) is 0 Å². The van der Waals surface area contributed by atoms with Crippen LogP contribution in [-0.4, -0.2) is 25.0 Å². The molecule has 2 aromatic rings. The zero-order valence-corrected chi connectivity index (χ0v) is 12.3. The van der Waals surface area contributed by atoms with Crippen molar-refractivity contribution in [1.29, 1.82) is 0 Å². The van der Waals surface area contributed by atoms with Crippen molar-refractivity contribution in [2.75, 3.05) is 24.3 Å². The molecule has 0 saturated heterocycles. The van der Waals surface area contributed by atoms with E-state index >= 15 is 0 Å². The molecule has 1 aromatic heterocycles.